The number of aryl methyl sites for hydroxylation is 2. The van der Waals surface area contributed by atoms with Gasteiger partial charge in [-0.1, -0.05) is 6.92 Å². The third kappa shape index (κ3) is 3.05. The van der Waals surface area contributed by atoms with E-state index in [2.05, 4.69) is 15.1 Å². The number of fused-ring (bicyclic) bond motifs is 2. The van der Waals surface area contributed by atoms with Gasteiger partial charge in [-0.15, -0.1) is 0 Å². The van der Waals surface area contributed by atoms with E-state index in [0.29, 0.717) is 5.52 Å². The summed E-state index contributed by atoms with van der Waals surface area (Å²) >= 11 is 0. The topological polar surface area (TPSA) is 82.1 Å². The summed E-state index contributed by atoms with van der Waals surface area (Å²) in [6, 6.07) is 4.36. The molecule has 29 heavy (non-hydrogen) atoms. The third-order valence-corrected chi connectivity index (χ3v) is 6.47. The molecule has 0 spiro atoms. The highest BCUT2D eigenvalue weighted by atomic mass is 32.2. The molecule has 0 unspecified atom stereocenters. The van der Waals surface area contributed by atoms with Crippen molar-refractivity contribution in [2.45, 2.75) is 24.9 Å². The van der Waals surface area contributed by atoms with Crippen molar-refractivity contribution in [3.63, 3.8) is 0 Å². The molecule has 4 aromatic heterocycles. The summed E-state index contributed by atoms with van der Waals surface area (Å²) in [6.07, 6.45) is -2.20. The number of imidazole rings is 1. The first-order chi connectivity index (χ1) is 13.5. The Balaban J connectivity index is 2.06. The Labute approximate surface area is 163 Å². The van der Waals surface area contributed by atoms with Crippen molar-refractivity contribution in [1.82, 2.24) is 24.1 Å². The summed E-state index contributed by atoms with van der Waals surface area (Å²) in [6.45, 7) is 3.34. The molecule has 11 heteroatoms. The molecule has 4 rings (SSSR count). The molecule has 4 heterocycles. The van der Waals surface area contributed by atoms with E-state index in [1.165, 1.54) is 16.0 Å². The smallest absolute Gasteiger partial charge is 0.310 e. The summed E-state index contributed by atoms with van der Waals surface area (Å²) < 4.78 is 67.6. The van der Waals surface area contributed by atoms with Crippen LogP contribution in [0.5, 0.6) is 0 Å². The Hall–Kier alpha value is -2.95. The molecule has 4 aromatic rings. The van der Waals surface area contributed by atoms with E-state index in [9.17, 15) is 21.6 Å². The summed E-state index contributed by atoms with van der Waals surface area (Å²) in [5, 5.41) is 4.37. The number of alkyl halides is 3. The molecule has 0 atom stereocenters. The van der Waals surface area contributed by atoms with Crippen LogP contribution in [0.2, 0.25) is 0 Å². The molecule has 0 bridgehead atoms. The lowest BCUT2D eigenvalue weighted by Gasteiger charge is -2.05. The lowest BCUT2D eigenvalue weighted by molar-refractivity contribution is -0.137. The van der Waals surface area contributed by atoms with Crippen LogP contribution < -0.4 is 0 Å². The quantitative estimate of drug-likeness (QED) is 0.504. The lowest BCUT2D eigenvalue weighted by atomic mass is 10.2. The van der Waals surface area contributed by atoms with Crippen molar-refractivity contribution in [2.75, 3.05) is 5.75 Å². The first kappa shape index (κ1) is 19.4. The van der Waals surface area contributed by atoms with Crippen LogP contribution in [0, 0.1) is 6.92 Å². The molecule has 0 radical (unpaired) electrons. The monoisotopic (exact) mass is 423 g/mol. The van der Waals surface area contributed by atoms with Crippen LogP contribution in [0.1, 0.15) is 18.1 Å². The zero-order chi connectivity index (χ0) is 21.1. The van der Waals surface area contributed by atoms with Crippen LogP contribution in [0.3, 0.4) is 0 Å². The summed E-state index contributed by atoms with van der Waals surface area (Å²) in [4.78, 5) is 8.11. The molecular formula is C18H16F3N5O2S. The lowest BCUT2D eigenvalue weighted by Crippen LogP contribution is -2.06. The van der Waals surface area contributed by atoms with Gasteiger partial charge < -0.3 is 4.57 Å². The fourth-order valence-corrected chi connectivity index (χ4v) is 4.36. The van der Waals surface area contributed by atoms with E-state index in [-0.39, 0.29) is 33.3 Å². The zero-order valence-corrected chi connectivity index (χ0v) is 16.5. The fourth-order valence-electron chi connectivity index (χ4n) is 3.17. The van der Waals surface area contributed by atoms with Gasteiger partial charge in [0.25, 0.3) is 0 Å². The molecule has 7 nitrogen and oxygen atoms in total. The molecule has 0 fully saturated rings. The minimum atomic E-state index is -4.56. The van der Waals surface area contributed by atoms with E-state index in [1.807, 2.05) is 6.92 Å². The van der Waals surface area contributed by atoms with Gasteiger partial charge in [0.05, 0.1) is 16.8 Å². The number of pyridine rings is 2. The van der Waals surface area contributed by atoms with Crippen LogP contribution in [-0.4, -0.2) is 38.3 Å². The van der Waals surface area contributed by atoms with Gasteiger partial charge in [-0.05, 0) is 30.7 Å². The molecular weight excluding hydrogens is 407 g/mol. The largest absolute Gasteiger partial charge is 0.417 e. The van der Waals surface area contributed by atoms with Crippen LogP contribution in [0.4, 0.5) is 13.2 Å². The fraction of sp³-hybridized carbons (Fsp3) is 0.278. The molecule has 0 saturated heterocycles. The predicted octanol–water partition coefficient (Wildman–Crippen LogP) is 3.40. The van der Waals surface area contributed by atoms with Crippen LogP contribution >= 0.6 is 0 Å². The first-order valence-corrected chi connectivity index (χ1v) is 10.3. The maximum absolute atomic E-state index is 13.0. The molecule has 0 aliphatic carbocycles. The number of aromatic nitrogens is 5. The standard InChI is InChI=1S/C18H16F3N5O2S/c1-4-29(27,28)15-13-7-10(2)5-6-26(13)24-14(15)17-23-12-8-11(18(19,20)21)9-22-16(12)25(17)3/h5-9H,4H2,1-3H3. The van der Waals surface area contributed by atoms with E-state index in [4.69, 9.17) is 0 Å². The van der Waals surface area contributed by atoms with Crippen LogP contribution in [-0.2, 0) is 23.1 Å². The number of rotatable bonds is 3. The Bertz CT molecular complexity index is 1370. The maximum atomic E-state index is 13.0. The molecule has 0 aliphatic heterocycles. The molecule has 0 N–H and O–H groups in total. The number of sulfone groups is 1. The van der Waals surface area contributed by atoms with Crippen molar-refractivity contribution >= 4 is 26.5 Å². The molecule has 0 aliphatic rings. The van der Waals surface area contributed by atoms with Crippen molar-refractivity contribution in [2.24, 2.45) is 7.05 Å². The van der Waals surface area contributed by atoms with Gasteiger partial charge in [0, 0.05) is 19.4 Å². The highest BCUT2D eigenvalue weighted by molar-refractivity contribution is 7.91. The van der Waals surface area contributed by atoms with Gasteiger partial charge in [-0.2, -0.15) is 18.3 Å². The second-order valence-electron chi connectivity index (χ2n) is 6.67. The average Bonchev–Trinajstić information content (AvgIpc) is 3.18. The van der Waals surface area contributed by atoms with Gasteiger partial charge in [-0.3, -0.25) is 0 Å². The van der Waals surface area contributed by atoms with Crippen molar-refractivity contribution in [1.29, 1.82) is 0 Å². The Kier molecular flexibility index (Phi) is 4.19. The molecule has 0 amide bonds. The number of nitrogens with zero attached hydrogens (tertiary/aromatic N) is 5. The van der Waals surface area contributed by atoms with E-state index in [0.717, 1.165) is 17.8 Å². The third-order valence-electron chi connectivity index (χ3n) is 4.68. The van der Waals surface area contributed by atoms with Crippen molar-refractivity contribution < 1.29 is 21.6 Å². The normalized spacial score (nSPS) is 12.9. The Morgan fingerprint density at radius 1 is 1.21 bits per heavy atom. The molecule has 152 valence electrons. The number of hydrogen-bond acceptors (Lipinski definition) is 5. The van der Waals surface area contributed by atoms with Gasteiger partial charge in [-0.25, -0.2) is 22.9 Å². The second kappa shape index (κ2) is 6.28. The highest BCUT2D eigenvalue weighted by Crippen LogP contribution is 2.34. The van der Waals surface area contributed by atoms with Crippen LogP contribution in [0.25, 0.3) is 28.2 Å². The summed E-state index contributed by atoms with van der Waals surface area (Å²) in [7, 11) is -2.14. The Morgan fingerprint density at radius 2 is 1.93 bits per heavy atom. The zero-order valence-electron chi connectivity index (χ0n) is 15.7. The molecule has 0 aromatic carbocycles. The van der Waals surface area contributed by atoms with Gasteiger partial charge in [0.15, 0.2) is 21.3 Å². The van der Waals surface area contributed by atoms with Crippen LogP contribution in [0.15, 0.2) is 35.5 Å². The Morgan fingerprint density at radius 3 is 2.59 bits per heavy atom. The average molecular weight is 423 g/mol. The van der Waals surface area contributed by atoms with E-state index < -0.39 is 21.6 Å². The molecule has 0 saturated carbocycles. The number of hydrogen-bond donors (Lipinski definition) is 0. The minimum absolute atomic E-state index is 0.00171. The predicted molar refractivity (Wildman–Crippen MR) is 100 cm³/mol. The first-order valence-electron chi connectivity index (χ1n) is 8.64. The van der Waals surface area contributed by atoms with Gasteiger partial charge in [0.1, 0.15) is 16.1 Å². The van der Waals surface area contributed by atoms with Gasteiger partial charge >= 0.3 is 6.18 Å². The van der Waals surface area contributed by atoms with E-state index in [1.54, 1.807) is 25.4 Å². The van der Waals surface area contributed by atoms with Crippen molar-refractivity contribution in [3.8, 4) is 11.5 Å². The number of halogens is 3. The summed E-state index contributed by atoms with van der Waals surface area (Å²) in [5.74, 6) is -0.0318. The summed E-state index contributed by atoms with van der Waals surface area (Å²) in [5.41, 5.74) is 0.579. The SMILES string of the molecule is CCS(=O)(=O)c1c(-c2nc3cc(C(F)(F)F)cnc3n2C)nn2ccc(C)cc12. The van der Waals surface area contributed by atoms with E-state index >= 15 is 0 Å². The maximum Gasteiger partial charge on any atom is 0.417 e. The minimum Gasteiger partial charge on any atom is -0.310 e. The highest BCUT2D eigenvalue weighted by Gasteiger charge is 2.33. The van der Waals surface area contributed by atoms with Crippen molar-refractivity contribution in [3.05, 3.63) is 41.7 Å². The second-order valence-corrected chi connectivity index (χ2v) is 8.89. The van der Waals surface area contributed by atoms with Gasteiger partial charge in [0.2, 0.25) is 0 Å².